The van der Waals surface area contributed by atoms with Gasteiger partial charge in [-0.1, -0.05) is 93.6 Å². The van der Waals surface area contributed by atoms with Crippen molar-refractivity contribution >= 4 is 191 Å². The Morgan fingerprint density at radius 1 is 0.705 bits per heavy atom. The second kappa shape index (κ2) is 26.2. The topological polar surface area (TPSA) is 155 Å². The van der Waals surface area contributed by atoms with Crippen LogP contribution in [0.1, 0.15) is 53.5 Å². The van der Waals surface area contributed by atoms with E-state index in [0.717, 1.165) is 41.3 Å². The SMILES string of the molecule is BrBr.CC(=O)OC(C)(C)C.CC(C)(C)OC(=O)Cc1nc2c(Cl)cccc2s1.Clc1nc2c(Cl)cccc2s1.NC(=S)Nc1cccc(Cl)c1.Nc1nc2c(Cl)cccc2s1. The molecule has 0 atom stereocenters. The van der Waals surface area contributed by atoms with Gasteiger partial charge < -0.3 is 26.3 Å². The van der Waals surface area contributed by atoms with Crippen molar-refractivity contribution in [2.24, 2.45) is 5.73 Å². The van der Waals surface area contributed by atoms with Crippen LogP contribution in [0.15, 0.2) is 78.9 Å². The lowest BCUT2D eigenvalue weighted by Crippen LogP contribution is -2.24. The van der Waals surface area contributed by atoms with E-state index >= 15 is 0 Å². The molecular formula is C40H41Br2Cl5N6O4S4. The number of anilines is 2. The maximum Gasteiger partial charge on any atom is 0.313 e. The molecule has 0 unspecified atom stereocenters. The number of rotatable bonds is 3. The molecular weight excluding hydrogens is 1090 g/mol. The van der Waals surface area contributed by atoms with E-state index in [2.05, 4.69) is 60.7 Å². The molecule has 0 fully saturated rings. The molecule has 328 valence electrons. The number of thiocarbonyl (C=S) groups is 1. The Morgan fingerprint density at radius 3 is 1.57 bits per heavy atom. The van der Waals surface area contributed by atoms with Gasteiger partial charge in [0.15, 0.2) is 14.7 Å². The number of carbonyl (C=O) groups excluding carboxylic acids is 2. The second-order valence-electron chi connectivity index (χ2n) is 13.9. The Bertz CT molecular complexity index is 2450. The van der Waals surface area contributed by atoms with Gasteiger partial charge in [-0.05, 0) is 108 Å². The fourth-order valence-electron chi connectivity index (χ4n) is 4.50. The number of para-hydroxylation sites is 3. The van der Waals surface area contributed by atoms with Crippen molar-refractivity contribution in [3.63, 3.8) is 0 Å². The molecule has 7 rings (SSSR count). The van der Waals surface area contributed by atoms with Gasteiger partial charge >= 0.3 is 11.9 Å². The number of aromatic nitrogens is 3. The summed E-state index contributed by atoms with van der Waals surface area (Å²) in [5, 5.41) is 6.89. The highest BCUT2D eigenvalue weighted by Gasteiger charge is 2.18. The van der Waals surface area contributed by atoms with Crippen LogP contribution in [0.2, 0.25) is 24.6 Å². The van der Waals surface area contributed by atoms with E-state index in [1.54, 1.807) is 24.3 Å². The Hall–Kier alpha value is -2.61. The number of nitrogens with one attached hydrogen (secondary N) is 1. The molecule has 4 aromatic carbocycles. The summed E-state index contributed by atoms with van der Waals surface area (Å²) in [6.45, 7) is 12.5. The number of benzene rings is 4. The molecule has 7 aromatic rings. The molecule has 0 bridgehead atoms. The van der Waals surface area contributed by atoms with Crippen molar-refractivity contribution in [3.8, 4) is 0 Å². The fraction of sp³-hybridized carbons (Fsp3) is 0.250. The van der Waals surface area contributed by atoms with Gasteiger partial charge in [0, 0.05) is 45.9 Å². The van der Waals surface area contributed by atoms with Gasteiger partial charge in [-0.3, -0.25) is 9.59 Å². The Labute approximate surface area is 412 Å². The zero-order chi connectivity index (χ0) is 46.1. The minimum Gasteiger partial charge on any atom is -0.460 e. The molecule has 3 aromatic heterocycles. The molecule has 21 heteroatoms. The van der Waals surface area contributed by atoms with Crippen LogP contribution in [-0.4, -0.2) is 43.2 Å². The minimum atomic E-state index is -0.467. The minimum absolute atomic E-state index is 0.187. The number of thiazole rings is 3. The van der Waals surface area contributed by atoms with Crippen LogP contribution in [0.4, 0.5) is 10.8 Å². The number of esters is 2. The quantitative estimate of drug-likeness (QED) is 0.114. The predicted molar refractivity (Wildman–Crippen MR) is 274 cm³/mol. The smallest absolute Gasteiger partial charge is 0.313 e. The lowest BCUT2D eigenvalue weighted by Gasteiger charge is -2.18. The number of nitrogen functional groups attached to an aromatic ring is 1. The molecule has 10 nitrogen and oxygen atoms in total. The first kappa shape index (κ1) is 54.5. The van der Waals surface area contributed by atoms with Crippen molar-refractivity contribution in [3.05, 3.63) is 108 Å². The van der Waals surface area contributed by atoms with Crippen molar-refractivity contribution in [2.45, 2.75) is 66.1 Å². The Morgan fingerprint density at radius 2 is 1.16 bits per heavy atom. The van der Waals surface area contributed by atoms with Gasteiger partial charge in [0.2, 0.25) is 0 Å². The number of halogens is 7. The van der Waals surface area contributed by atoms with Crippen LogP contribution < -0.4 is 16.8 Å². The maximum atomic E-state index is 11.7. The van der Waals surface area contributed by atoms with Gasteiger partial charge in [0.05, 0.1) is 35.6 Å². The Kier molecular flexibility index (Phi) is 23.5. The van der Waals surface area contributed by atoms with Crippen LogP contribution in [-0.2, 0) is 25.5 Å². The fourth-order valence-corrected chi connectivity index (χ4v) is 8.42. The van der Waals surface area contributed by atoms with E-state index in [4.69, 9.17) is 78.9 Å². The number of hydrogen-bond acceptors (Lipinski definition) is 12. The van der Waals surface area contributed by atoms with Crippen molar-refractivity contribution in [1.29, 1.82) is 0 Å². The van der Waals surface area contributed by atoms with Crippen LogP contribution in [0, 0.1) is 0 Å². The van der Waals surface area contributed by atoms with E-state index in [0.29, 0.717) is 29.7 Å². The molecule has 5 N–H and O–H groups in total. The summed E-state index contributed by atoms with van der Waals surface area (Å²) in [6.07, 6.45) is 0.187. The maximum absolute atomic E-state index is 11.7. The van der Waals surface area contributed by atoms with Crippen molar-refractivity contribution < 1.29 is 19.1 Å². The molecule has 0 radical (unpaired) electrons. The third kappa shape index (κ3) is 21.1. The third-order valence-electron chi connectivity index (χ3n) is 6.40. The molecule has 0 saturated heterocycles. The summed E-state index contributed by atoms with van der Waals surface area (Å²) < 4.78 is 13.7. The summed E-state index contributed by atoms with van der Waals surface area (Å²) in [5.74, 6) is -0.491. The first-order valence-corrected chi connectivity index (χ1v) is 25.9. The van der Waals surface area contributed by atoms with Gasteiger partial charge in [0.1, 0.15) is 32.8 Å². The highest BCUT2D eigenvalue weighted by Crippen LogP contribution is 2.31. The van der Waals surface area contributed by atoms with E-state index < -0.39 is 5.60 Å². The van der Waals surface area contributed by atoms with Crippen LogP contribution >= 0.6 is 132 Å². The number of nitrogens with zero attached hydrogens (tertiary/aromatic N) is 3. The molecule has 0 amide bonds. The van der Waals surface area contributed by atoms with E-state index in [1.165, 1.54) is 40.9 Å². The highest BCUT2D eigenvalue weighted by molar-refractivity contribution is 9.93. The molecule has 61 heavy (non-hydrogen) atoms. The standard InChI is InChI=1S/C13H14ClNO2S.C7H3Cl2NS.C7H5ClN2S.C7H7ClN2S.C6H12O2.Br2/c1-13(2,3)17-11(16)7-10-15-12-8(14)5-4-6-9(12)18-10;2*8-4-2-1-3-5-6(4)10-7(9)11-5;8-5-2-1-3-6(4-5)10-7(9)11;1-5(7)8-6(2,3)4;1-2/h4-6H,7H2,1-3H3;1-3H;1-3H,(H2,9,10);1-4H,(H3,9,10,11);1-4H3;. The van der Waals surface area contributed by atoms with Gasteiger partial charge in [-0.25, -0.2) is 15.0 Å². The summed E-state index contributed by atoms with van der Waals surface area (Å²) in [5.41, 5.74) is 13.1. The first-order chi connectivity index (χ1) is 28.5. The summed E-state index contributed by atoms with van der Waals surface area (Å²) in [6, 6.07) is 24.1. The summed E-state index contributed by atoms with van der Waals surface area (Å²) >= 11 is 43.7. The average Bonchev–Trinajstić information content (AvgIpc) is 3.85. The number of ether oxygens (including phenoxy) is 2. The summed E-state index contributed by atoms with van der Waals surface area (Å²) in [4.78, 5) is 34.4. The van der Waals surface area contributed by atoms with Crippen LogP contribution in [0.25, 0.3) is 30.6 Å². The van der Waals surface area contributed by atoms with Crippen molar-refractivity contribution in [2.75, 3.05) is 11.1 Å². The zero-order valence-electron chi connectivity index (χ0n) is 33.6. The van der Waals surface area contributed by atoms with Gasteiger partial charge in [-0.15, -0.1) is 22.7 Å². The third-order valence-corrected chi connectivity index (χ3v) is 10.6. The molecule has 0 saturated carbocycles. The molecule has 0 aliphatic rings. The normalized spacial score (nSPS) is 10.5. The van der Waals surface area contributed by atoms with E-state index in [9.17, 15) is 9.59 Å². The number of carbonyl (C=O) groups is 2. The largest absolute Gasteiger partial charge is 0.460 e. The molecule has 3 heterocycles. The second-order valence-corrected chi connectivity index (χ2v) is 19.7. The van der Waals surface area contributed by atoms with E-state index in [1.807, 2.05) is 96.1 Å². The van der Waals surface area contributed by atoms with Gasteiger partial charge in [-0.2, -0.15) is 0 Å². The predicted octanol–water partition coefficient (Wildman–Crippen LogP) is 15.0. The average molecular weight is 1140 g/mol. The molecule has 0 spiro atoms. The highest BCUT2D eigenvalue weighted by atomic mass is 80.9. The number of hydrogen-bond donors (Lipinski definition) is 3. The monoisotopic (exact) mass is 1130 g/mol. The zero-order valence-corrected chi connectivity index (χ0v) is 43.8. The summed E-state index contributed by atoms with van der Waals surface area (Å²) in [7, 11) is 0. The molecule has 0 aliphatic carbocycles. The lowest BCUT2D eigenvalue weighted by molar-refractivity contribution is -0.154. The van der Waals surface area contributed by atoms with E-state index in [-0.39, 0.29) is 29.1 Å². The van der Waals surface area contributed by atoms with Crippen molar-refractivity contribution in [1.82, 2.24) is 15.0 Å². The Balaban J connectivity index is 0.000000267. The molecule has 0 aliphatic heterocycles. The van der Waals surface area contributed by atoms with Crippen LogP contribution in [0.5, 0.6) is 0 Å². The lowest BCUT2D eigenvalue weighted by atomic mass is 10.2. The number of nitrogens with two attached hydrogens (primary N) is 2. The number of fused-ring (bicyclic) bond motifs is 3. The first-order valence-electron chi connectivity index (χ1n) is 17.4. The van der Waals surface area contributed by atoms with Crippen LogP contribution in [0.3, 0.4) is 0 Å². The van der Waals surface area contributed by atoms with Gasteiger partial charge in [0.25, 0.3) is 0 Å².